The van der Waals surface area contributed by atoms with Crippen LogP contribution < -0.4 is 10.1 Å². The highest BCUT2D eigenvalue weighted by atomic mass is 16.5. The van der Waals surface area contributed by atoms with Crippen LogP contribution in [0.15, 0.2) is 24.3 Å². The Morgan fingerprint density at radius 2 is 2.17 bits per heavy atom. The summed E-state index contributed by atoms with van der Waals surface area (Å²) in [7, 11) is 1.66. The van der Waals surface area contributed by atoms with E-state index in [4.69, 9.17) is 4.74 Å². The van der Waals surface area contributed by atoms with Crippen LogP contribution >= 0.6 is 0 Å². The number of likely N-dealkylation sites (tertiary alicyclic amines) is 1. The fourth-order valence-electron chi connectivity index (χ4n) is 3.72. The molecular formula is C18H22N4O2. The summed E-state index contributed by atoms with van der Waals surface area (Å²) in [5, 5.41) is 10.7. The monoisotopic (exact) mass is 326 g/mol. The van der Waals surface area contributed by atoms with E-state index < -0.39 is 0 Å². The molecule has 0 saturated carbocycles. The van der Waals surface area contributed by atoms with Gasteiger partial charge in [0.05, 0.1) is 13.2 Å². The van der Waals surface area contributed by atoms with Crippen molar-refractivity contribution in [2.24, 2.45) is 0 Å². The van der Waals surface area contributed by atoms with Crippen LogP contribution in [0, 0.1) is 0 Å². The molecule has 1 fully saturated rings. The number of benzene rings is 1. The maximum Gasteiger partial charge on any atom is 0.275 e. The lowest BCUT2D eigenvalue weighted by molar-refractivity contribution is 0.0728. The first-order valence-electron chi connectivity index (χ1n) is 8.49. The Hall–Kier alpha value is -2.34. The van der Waals surface area contributed by atoms with Crippen molar-refractivity contribution in [2.45, 2.75) is 31.8 Å². The first-order chi connectivity index (χ1) is 11.8. The normalized spacial score (nSPS) is 20.0. The van der Waals surface area contributed by atoms with Gasteiger partial charge < -0.3 is 15.0 Å². The highest BCUT2D eigenvalue weighted by Crippen LogP contribution is 2.34. The van der Waals surface area contributed by atoms with E-state index in [0.29, 0.717) is 12.2 Å². The number of aromatic amines is 1. The van der Waals surface area contributed by atoms with Crippen LogP contribution in [0.25, 0.3) is 0 Å². The Bertz CT molecular complexity index is 738. The first kappa shape index (κ1) is 15.2. The lowest BCUT2D eigenvalue weighted by atomic mass is 10.0. The molecule has 2 aliphatic heterocycles. The van der Waals surface area contributed by atoms with Gasteiger partial charge in [0.1, 0.15) is 5.75 Å². The molecule has 1 saturated heterocycles. The van der Waals surface area contributed by atoms with E-state index in [1.54, 1.807) is 7.11 Å². The molecule has 1 aromatic carbocycles. The molecule has 0 spiro atoms. The molecule has 0 aliphatic carbocycles. The van der Waals surface area contributed by atoms with Crippen molar-refractivity contribution < 1.29 is 9.53 Å². The zero-order valence-electron chi connectivity index (χ0n) is 13.8. The number of aromatic nitrogens is 2. The van der Waals surface area contributed by atoms with Crippen LogP contribution in [0.5, 0.6) is 5.75 Å². The van der Waals surface area contributed by atoms with E-state index in [-0.39, 0.29) is 11.9 Å². The Morgan fingerprint density at radius 1 is 1.33 bits per heavy atom. The molecule has 6 heteroatoms. The van der Waals surface area contributed by atoms with Crippen molar-refractivity contribution in [1.29, 1.82) is 0 Å². The van der Waals surface area contributed by atoms with Gasteiger partial charge >= 0.3 is 0 Å². The van der Waals surface area contributed by atoms with Crippen LogP contribution in [0.2, 0.25) is 0 Å². The van der Waals surface area contributed by atoms with E-state index in [2.05, 4.69) is 27.6 Å². The van der Waals surface area contributed by atoms with Crippen LogP contribution in [0.4, 0.5) is 0 Å². The molecular weight excluding hydrogens is 304 g/mol. The minimum atomic E-state index is 0.0366. The largest absolute Gasteiger partial charge is 0.497 e. The van der Waals surface area contributed by atoms with Crippen molar-refractivity contribution in [1.82, 2.24) is 20.4 Å². The zero-order chi connectivity index (χ0) is 16.5. The fraction of sp³-hybridized carbons (Fsp3) is 0.444. The highest BCUT2D eigenvalue weighted by Gasteiger charge is 2.33. The molecule has 1 amide bonds. The summed E-state index contributed by atoms with van der Waals surface area (Å²) >= 11 is 0. The van der Waals surface area contributed by atoms with E-state index in [0.717, 1.165) is 54.9 Å². The molecule has 2 N–H and O–H groups in total. The second-order valence-corrected chi connectivity index (χ2v) is 6.39. The van der Waals surface area contributed by atoms with Gasteiger partial charge in [-0.1, -0.05) is 12.1 Å². The van der Waals surface area contributed by atoms with Gasteiger partial charge in [-0.3, -0.25) is 9.89 Å². The lowest BCUT2D eigenvalue weighted by Gasteiger charge is -2.25. The summed E-state index contributed by atoms with van der Waals surface area (Å²) in [4.78, 5) is 15.0. The molecule has 3 heterocycles. The third-order valence-electron chi connectivity index (χ3n) is 5.02. The second kappa shape index (κ2) is 6.28. The molecule has 4 rings (SSSR count). The third-order valence-corrected chi connectivity index (χ3v) is 5.02. The first-order valence-corrected chi connectivity index (χ1v) is 8.49. The summed E-state index contributed by atoms with van der Waals surface area (Å²) in [5.41, 5.74) is 3.87. The zero-order valence-corrected chi connectivity index (χ0v) is 13.8. The maximum atomic E-state index is 13.1. The number of hydrogen-bond donors (Lipinski definition) is 2. The number of nitrogens with zero attached hydrogens (tertiary/aromatic N) is 2. The molecule has 6 nitrogen and oxygen atoms in total. The minimum Gasteiger partial charge on any atom is -0.497 e. The SMILES string of the molecule is COc1ccc(C2CCCN2C(=O)c2n[nH]c3c2CNCC3)cc1. The quantitative estimate of drug-likeness (QED) is 0.905. The van der Waals surface area contributed by atoms with Gasteiger partial charge in [-0.05, 0) is 30.5 Å². The predicted molar refractivity (Wildman–Crippen MR) is 90.0 cm³/mol. The molecule has 0 bridgehead atoms. The Labute approximate surface area is 141 Å². The number of carbonyl (C=O) groups is 1. The molecule has 24 heavy (non-hydrogen) atoms. The number of methoxy groups -OCH3 is 1. The third kappa shape index (κ3) is 2.57. The van der Waals surface area contributed by atoms with Crippen molar-refractivity contribution in [3.05, 3.63) is 46.8 Å². The molecule has 0 radical (unpaired) electrons. The van der Waals surface area contributed by atoms with Crippen molar-refractivity contribution >= 4 is 5.91 Å². The summed E-state index contributed by atoms with van der Waals surface area (Å²) in [6.45, 7) is 2.43. The minimum absolute atomic E-state index is 0.0366. The van der Waals surface area contributed by atoms with Gasteiger partial charge in [0.15, 0.2) is 5.69 Å². The predicted octanol–water partition coefficient (Wildman–Crippen LogP) is 2.04. The summed E-state index contributed by atoms with van der Waals surface area (Å²) < 4.78 is 5.23. The van der Waals surface area contributed by atoms with E-state index in [1.807, 2.05) is 17.0 Å². The Kier molecular flexibility index (Phi) is 3.98. The smallest absolute Gasteiger partial charge is 0.275 e. The molecule has 2 aromatic rings. The number of fused-ring (bicyclic) bond motifs is 1. The van der Waals surface area contributed by atoms with Crippen molar-refractivity contribution in [3.63, 3.8) is 0 Å². The molecule has 2 aliphatic rings. The van der Waals surface area contributed by atoms with Gasteiger partial charge in [0.25, 0.3) is 5.91 Å². The number of nitrogens with one attached hydrogen (secondary N) is 2. The summed E-state index contributed by atoms with van der Waals surface area (Å²) in [5.74, 6) is 0.872. The number of H-pyrrole nitrogens is 1. The number of amides is 1. The number of rotatable bonds is 3. The van der Waals surface area contributed by atoms with E-state index in [1.165, 1.54) is 0 Å². The van der Waals surface area contributed by atoms with Crippen molar-refractivity contribution in [3.8, 4) is 5.75 Å². The van der Waals surface area contributed by atoms with Crippen LogP contribution in [0.3, 0.4) is 0 Å². The van der Waals surface area contributed by atoms with Gasteiger partial charge in [-0.2, -0.15) is 5.10 Å². The average molecular weight is 326 g/mol. The lowest BCUT2D eigenvalue weighted by Crippen LogP contribution is -2.32. The highest BCUT2D eigenvalue weighted by molar-refractivity contribution is 5.94. The van der Waals surface area contributed by atoms with Crippen LogP contribution in [-0.2, 0) is 13.0 Å². The van der Waals surface area contributed by atoms with Gasteiger partial charge in [0.2, 0.25) is 0 Å². The van der Waals surface area contributed by atoms with Crippen LogP contribution in [0.1, 0.15) is 46.2 Å². The van der Waals surface area contributed by atoms with Gasteiger partial charge in [0, 0.05) is 37.3 Å². The van der Waals surface area contributed by atoms with E-state index >= 15 is 0 Å². The molecule has 1 aromatic heterocycles. The van der Waals surface area contributed by atoms with Gasteiger partial charge in [-0.25, -0.2) is 0 Å². The summed E-state index contributed by atoms with van der Waals surface area (Å²) in [6.07, 6.45) is 2.91. The van der Waals surface area contributed by atoms with Crippen LogP contribution in [-0.4, -0.2) is 41.2 Å². The molecule has 1 atom stereocenters. The number of carbonyl (C=O) groups excluding carboxylic acids is 1. The Balaban J connectivity index is 1.60. The Morgan fingerprint density at radius 3 is 2.96 bits per heavy atom. The fourth-order valence-corrected chi connectivity index (χ4v) is 3.72. The van der Waals surface area contributed by atoms with Gasteiger partial charge in [-0.15, -0.1) is 0 Å². The second-order valence-electron chi connectivity index (χ2n) is 6.39. The standard InChI is InChI=1S/C18H22N4O2/c1-24-13-6-4-12(5-7-13)16-3-2-10-22(16)18(23)17-14-11-19-9-8-15(14)20-21-17/h4-7,16,19H,2-3,8-11H2,1H3,(H,20,21). The molecule has 126 valence electrons. The summed E-state index contributed by atoms with van der Waals surface area (Å²) in [6, 6.07) is 8.13. The number of hydrogen-bond acceptors (Lipinski definition) is 4. The molecule has 1 unspecified atom stereocenters. The number of ether oxygens (including phenoxy) is 1. The maximum absolute atomic E-state index is 13.1. The topological polar surface area (TPSA) is 70.2 Å². The van der Waals surface area contributed by atoms with Crippen molar-refractivity contribution in [2.75, 3.05) is 20.2 Å². The average Bonchev–Trinajstić information content (AvgIpc) is 3.28. The van der Waals surface area contributed by atoms with E-state index in [9.17, 15) is 4.79 Å².